The number of carbonyl (C=O) groups is 1. The highest BCUT2D eigenvalue weighted by Gasteiger charge is 2.45. The van der Waals surface area contributed by atoms with Crippen LogP contribution in [0.25, 0.3) is 0 Å². The first kappa shape index (κ1) is 15.3. The first-order valence-corrected chi connectivity index (χ1v) is 8.92. The second-order valence-corrected chi connectivity index (χ2v) is 7.98. The third kappa shape index (κ3) is 2.84. The zero-order valence-electron chi connectivity index (χ0n) is 11.9. The van der Waals surface area contributed by atoms with Crippen molar-refractivity contribution in [3.63, 3.8) is 0 Å². The van der Waals surface area contributed by atoms with Gasteiger partial charge in [-0.3, -0.25) is 4.79 Å². The van der Waals surface area contributed by atoms with E-state index >= 15 is 0 Å². The summed E-state index contributed by atoms with van der Waals surface area (Å²) in [4.78, 5) is 14.5. The van der Waals surface area contributed by atoms with Crippen LogP contribution in [0.2, 0.25) is 0 Å². The molecule has 0 aromatic heterocycles. The molecule has 2 unspecified atom stereocenters. The molecule has 1 amide bonds. The average molecular weight is 298 g/mol. The maximum Gasteiger partial charge on any atom is 0.231 e. The Morgan fingerprint density at radius 2 is 2.30 bits per heavy atom. The lowest BCUT2D eigenvalue weighted by Crippen LogP contribution is -2.50. The van der Waals surface area contributed by atoms with Gasteiger partial charge in [0.15, 0.2) is 9.84 Å². The molecule has 0 saturated carbocycles. The molecule has 0 aromatic carbocycles. The van der Waals surface area contributed by atoms with Gasteiger partial charge in [0.05, 0.1) is 23.5 Å². The molecule has 0 bridgehead atoms. The average Bonchev–Trinajstić information content (AvgIpc) is 3.02. The fourth-order valence-electron chi connectivity index (χ4n) is 3.17. The summed E-state index contributed by atoms with van der Waals surface area (Å²) in [5.41, 5.74) is -0.413. The van der Waals surface area contributed by atoms with Gasteiger partial charge in [-0.05, 0) is 25.8 Å². The summed E-state index contributed by atoms with van der Waals surface area (Å²) in [6, 6.07) is -0.257. The Hall–Kier alpha value is -1.06. The van der Waals surface area contributed by atoms with Crippen molar-refractivity contribution in [1.82, 2.24) is 10.2 Å². The number of nitrogens with one attached hydrogen (secondary N) is 1. The standard InChI is InChI=1S/C14H22N2O3S/c1-3-8-16(12-5-9-20(18,19)10-12)13(17)14(4-2)6-7-15-11-14/h1,12,15H,4-11H2,2H3. The van der Waals surface area contributed by atoms with E-state index < -0.39 is 15.3 Å². The van der Waals surface area contributed by atoms with Crippen LogP contribution in [-0.2, 0) is 14.6 Å². The van der Waals surface area contributed by atoms with Gasteiger partial charge in [0, 0.05) is 12.6 Å². The largest absolute Gasteiger partial charge is 0.327 e. The number of nitrogens with zero attached hydrogens (tertiary/aromatic N) is 1. The highest BCUT2D eigenvalue weighted by atomic mass is 32.2. The summed E-state index contributed by atoms with van der Waals surface area (Å²) < 4.78 is 23.3. The quantitative estimate of drug-likeness (QED) is 0.743. The van der Waals surface area contributed by atoms with Gasteiger partial charge in [0.25, 0.3) is 0 Å². The molecule has 2 saturated heterocycles. The predicted octanol–water partition coefficient (Wildman–Crippen LogP) is 0.0250. The smallest absolute Gasteiger partial charge is 0.231 e. The first-order valence-electron chi connectivity index (χ1n) is 7.10. The van der Waals surface area contributed by atoms with E-state index in [1.807, 2.05) is 6.92 Å². The Morgan fingerprint density at radius 3 is 2.75 bits per heavy atom. The zero-order valence-corrected chi connectivity index (χ0v) is 12.7. The predicted molar refractivity (Wildman–Crippen MR) is 77.8 cm³/mol. The molecule has 2 rings (SSSR count). The van der Waals surface area contributed by atoms with E-state index in [4.69, 9.17) is 6.42 Å². The fraction of sp³-hybridized carbons (Fsp3) is 0.786. The van der Waals surface area contributed by atoms with E-state index in [1.54, 1.807) is 4.90 Å². The Bertz CT molecular complexity index is 515. The summed E-state index contributed by atoms with van der Waals surface area (Å²) in [6.07, 6.45) is 7.42. The number of hydrogen-bond donors (Lipinski definition) is 1. The van der Waals surface area contributed by atoms with Gasteiger partial charge in [-0.2, -0.15) is 0 Å². The van der Waals surface area contributed by atoms with Gasteiger partial charge in [-0.15, -0.1) is 6.42 Å². The third-order valence-corrected chi connectivity index (χ3v) is 6.30. The van der Waals surface area contributed by atoms with Gasteiger partial charge in [0.1, 0.15) is 0 Å². The normalized spacial score (nSPS) is 31.9. The second kappa shape index (κ2) is 5.74. The van der Waals surface area contributed by atoms with Crippen molar-refractivity contribution in [2.75, 3.05) is 31.1 Å². The van der Waals surface area contributed by atoms with E-state index in [0.717, 1.165) is 19.4 Å². The molecular weight excluding hydrogens is 276 g/mol. The third-order valence-electron chi connectivity index (χ3n) is 4.55. The molecule has 0 radical (unpaired) electrons. The topological polar surface area (TPSA) is 66.5 Å². The summed E-state index contributed by atoms with van der Waals surface area (Å²) in [7, 11) is -3.02. The molecule has 2 aliphatic heterocycles. The minimum Gasteiger partial charge on any atom is -0.327 e. The molecule has 5 nitrogen and oxygen atoms in total. The summed E-state index contributed by atoms with van der Waals surface area (Å²) in [5.74, 6) is 2.73. The van der Waals surface area contributed by atoms with Crippen LogP contribution in [0.3, 0.4) is 0 Å². The lowest BCUT2D eigenvalue weighted by molar-refractivity contribution is -0.142. The van der Waals surface area contributed by atoms with Crippen LogP contribution in [0.4, 0.5) is 0 Å². The van der Waals surface area contributed by atoms with Crippen LogP contribution < -0.4 is 5.32 Å². The van der Waals surface area contributed by atoms with Gasteiger partial charge in [0.2, 0.25) is 5.91 Å². The fourth-order valence-corrected chi connectivity index (χ4v) is 4.90. The summed E-state index contributed by atoms with van der Waals surface area (Å²) in [6.45, 7) is 3.68. The number of terminal acetylenes is 1. The zero-order chi connectivity index (χ0) is 14.8. The summed E-state index contributed by atoms with van der Waals surface area (Å²) >= 11 is 0. The van der Waals surface area contributed by atoms with Crippen molar-refractivity contribution < 1.29 is 13.2 Å². The highest BCUT2D eigenvalue weighted by Crippen LogP contribution is 2.33. The lowest BCUT2D eigenvalue weighted by Gasteiger charge is -2.35. The monoisotopic (exact) mass is 298 g/mol. The van der Waals surface area contributed by atoms with Crippen LogP contribution >= 0.6 is 0 Å². The van der Waals surface area contributed by atoms with Crippen molar-refractivity contribution in [1.29, 1.82) is 0 Å². The van der Waals surface area contributed by atoms with Crippen LogP contribution in [0.1, 0.15) is 26.2 Å². The van der Waals surface area contributed by atoms with Crippen LogP contribution in [0.15, 0.2) is 0 Å². The van der Waals surface area contributed by atoms with E-state index in [2.05, 4.69) is 11.2 Å². The Labute approximate surface area is 121 Å². The van der Waals surface area contributed by atoms with Crippen molar-refractivity contribution in [3.8, 4) is 12.3 Å². The van der Waals surface area contributed by atoms with Crippen molar-refractivity contribution >= 4 is 15.7 Å². The first-order chi connectivity index (χ1) is 9.44. The Morgan fingerprint density at radius 1 is 1.55 bits per heavy atom. The molecular formula is C14H22N2O3S. The molecule has 0 spiro atoms. The Kier molecular flexibility index (Phi) is 4.40. The highest BCUT2D eigenvalue weighted by molar-refractivity contribution is 7.91. The number of sulfone groups is 1. The molecule has 2 fully saturated rings. The van der Waals surface area contributed by atoms with E-state index in [-0.39, 0.29) is 30.0 Å². The number of amides is 1. The van der Waals surface area contributed by atoms with E-state index in [1.165, 1.54) is 0 Å². The van der Waals surface area contributed by atoms with Gasteiger partial charge in [-0.1, -0.05) is 12.8 Å². The molecule has 0 aliphatic carbocycles. The van der Waals surface area contributed by atoms with Crippen LogP contribution in [0, 0.1) is 17.8 Å². The second-order valence-electron chi connectivity index (χ2n) is 5.75. The maximum absolute atomic E-state index is 12.9. The molecule has 2 heterocycles. The molecule has 20 heavy (non-hydrogen) atoms. The van der Waals surface area contributed by atoms with Crippen molar-refractivity contribution in [2.24, 2.45) is 5.41 Å². The number of carbonyl (C=O) groups excluding carboxylic acids is 1. The van der Waals surface area contributed by atoms with Crippen molar-refractivity contribution in [3.05, 3.63) is 0 Å². The molecule has 1 N–H and O–H groups in total. The van der Waals surface area contributed by atoms with Gasteiger partial charge in [-0.25, -0.2) is 8.42 Å². The molecule has 112 valence electrons. The van der Waals surface area contributed by atoms with Gasteiger partial charge >= 0.3 is 0 Å². The Balaban J connectivity index is 2.20. The maximum atomic E-state index is 12.9. The van der Waals surface area contributed by atoms with Gasteiger partial charge < -0.3 is 10.2 Å². The van der Waals surface area contributed by atoms with Crippen LogP contribution in [-0.4, -0.2) is 56.4 Å². The number of rotatable bonds is 4. The van der Waals surface area contributed by atoms with Crippen LogP contribution in [0.5, 0.6) is 0 Å². The molecule has 6 heteroatoms. The molecule has 0 aromatic rings. The SMILES string of the molecule is C#CCN(C(=O)C1(CC)CCNC1)C1CCS(=O)(=O)C1. The molecule has 2 aliphatic rings. The summed E-state index contributed by atoms with van der Waals surface area (Å²) in [5, 5.41) is 3.23. The minimum absolute atomic E-state index is 0.0186. The van der Waals surface area contributed by atoms with Crippen molar-refractivity contribution in [2.45, 2.75) is 32.2 Å². The lowest BCUT2D eigenvalue weighted by atomic mass is 9.82. The number of hydrogen-bond acceptors (Lipinski definition) is 4. The van der Waals surface area contributed by atoms with E-state index in [0.29, 0.717) is 13.0 Å². The molecule has 2 atom stereocenters. The minimum atomic E-state index is -3.02. The van der Waals surface area contributed by atoms with E-state index in [9.17, 15) is 13.2 Å².